The van der Waals surface area contributed by atoms with Gasteiger partial charge in [0.1, 0.15) is 0 Å². The Kier molecular flexibility index (Phi) is 6.83. The standard InChI is InChI=1S/C21H23BrN2OS/c1-3-4-14-24-19(16-10-12-18(22)13-11-16)15-26-21(24)23-20(25-2)17-8-6-5-7-9-17/h5-13,15,20H,3-4,14H2,1-2H3/b23-21-. The van der Waals surface area contributed by atoms with E-state index in [9.17, 15) is 0 Å². The molecular weight excluding hydrogens is 408 g/mol. The summed E-state index contributed by atoms with van der Waals surface area (Å²) in [5, 5.41) is 2.19. The fourth-order valence-electron chi connectivity index (χ4n) is 2.80. The third kappa shape index (κ3) is 4.53. The quantitative estimate of drug-likeness (QED) is 0.449. The van der Waals surface area contributed by atoms with Crippen molar-refractivity contribution in [3.05, 3.63) is 74.8 Å². The van der Waals surface area contributed by atoms with Crippen molar-refractivity contribution in [1.82, 2.24) is 4.57 Å². The summed E-state index contributed by atoms with van der Waals surface area (Å²) in [6, 6.07) is 18.6. The molecule has 2 aromatic carbocycles. The van der Waals surface area contributed by atoms with E-state index in [0.717, 1.165) is 34.2 Å². The van der Waals surface area contributed by atoms with Crippen LogP contribution in [0.3, 0.4) is 0 Å². The van der Waals surface area contributed by atoms with Crippen LogP contribution in [0.4, 0.5) is 0 Å². The molecule has 0 saturated carbocycles. The number of methoxy groups -OCH3 is 1. The van der Waals surface area contributed by atoms with Gasteiger partial charge in [0.15, 0.2) is 11.0 Å². The number of halogens is 1. The van der Waals surface area contributed by atoms with Crippen LogP contribution in [-0.2, 0) is 11.3 Å². The Morgan fingerprint density at radius 2 is 1.85 bits per heavy atom. The van der Waals surface area contributed by atoms with E-state index in [-0.39, 0.29) is 6.23 Å². The molecule has 1 aromatic heterocycles. The largest absolute Gasteiger partial charge is 0.355 e. The molecule has 0 radical (unpaired) electrons. The molecule has 3 rings (SSSR count). The van der Waals surface area contributed by atoms with Crippen molar-refractivity contribution in [3.63, 3.8) is 0 Å². The fourth-order valence-corrected chi connectivity index (χ4v) is 4.02. The van der Waals surface area contributed by atoms with Crippen molar-refractivity contribution < 1.29 is 4.74 Å². The van der Waals surface area contributed by atoms with E-state index >= 15 is 0 Å². The lowest BCUT2D eigenvalue weighted by Gasteiger charge is -2.12. The van der Waals surface area contributed by atoms with Crippen LogP contribution >= 0.6 is 27.3 Å². The molecule has 136 valence electrons. The molecule has 0 aliphatic heterocycles. The Morgan fingerprint density at radius 3 is 2.50 bits per heavy atom. The van der Waals surface area contributed by atoms with Gasteiger partial charge in [0.25, 0.3) is 0 Å². The van der Waals surface area contributed by atoms with E-state index in [1.54, 1.807) is 18.4 Å². The van der Waals surface area contributed by atoms with Crippen LogP contribution < -0.4 is 4.80 Å². The predicted molar refractivity (Wildman–Crippen MR) is 112 cm³/mol. The number of hydrogen-bond acceptors (Lipinski definition) is 3. The average Bonchev–Trinajstić information content (AvgIpc) is 3.08. The topological polar surface area (TPSA) is 26.5 Å². The molecule has 1 heterocycles. The maximum Gasteiger partial charge on any atom is 0.188 e. The van der Waals surface area contributed by atoms with Crippen LogP contribution in [0.25, 0.3) is 11.3 Å². The minimum atomic E-state index is -0.291. The van der Waals surface area contributed by atoms with Crippen molar-refractivity contribution >= 4 is 27.3 Å². The first kappa shape index (κ1) is 19.1. The maximum atomic E-state index is 5.65. The molecule has 0 saturated heterocycles. The van der Waals surface area contributed by atoms with Gasteiger partial charge < -0.3 is 9.30 Å². The van der Waals surface area contributed by atoms with Gasteiger partial charge in [-0.15, -0.1) is 11.3 Å². The van der Waals surface area contributed by atoms with Crippen molar-refractivity contribution in [2.45, 2.75) is 32.5 Å². The lowest BCUT2D eigenvalue weighted by Crippen LogP contribution is -2.18. The summed E-state index contributed by atoms with van der Waals surface area (Å²) in [7, 11) is 1.71. The number of ether oxygens (including phenoxy) is 1. The molecule has 0 aliphatic carbocycles. The molecule has 5 heteroatoms. The smallest absolute Gasteiger partial charge is 0.188 e. The molecule has 3 aromatic rings. The summed E-state index contributed by atoms with van der Waals surface area (Å²) in [6.07, 6.45) is 1.98. The second-order valence-corrected chi connectivity index (χ2v) is 7.80. The second-order valence-electron chi connectivity index (χ2n) is 6.04. The van der Waals surface area contributed by atoms with Crippen molar-refractivity contribution in [3.8, 4) is 11.3 Å². The summed E-state index contributed by atoms with van der Waals surface area (Å²) in [4.78, 5) is 5.91. The van der Waals surface area contributed by atoms with E-state index in [4.69, 9.17) is 9.73 Å². The number of hydrogen-bond donors (Lipinski definition) is 0. The predicted octanol–water partition coefficient (Wildman–Crippen LogP) is 6.03. The zero-order valence-electron chi connectivity index (χ0n) is 15.1. The molecule has 0 fully saturated rings. The van der Waals surface area contributed by atoms with Crippen molar-refractivity contribution in [2.24, 2.45) is 4.99 Å². The van der Waals surface area contributed by atoms with Crippen molar-refractivity contribution in [1.29, 1.82) is 0 Å². The summed E-state index contributed by atoms with van der Waals surface area (Å²) in [5.41, 5.74) is 3.48. The molecule has 3 nitrogen and oxygen atoms in total. The summed E-state index contributed by atoms with van der Waals surface area (Å²) < 4.78 is 9.05. The Hall–Kier alpha value is -1.69. The van der Waals surface area contributed by atoms with Crippen LogP contribution in [0.2, 0.25) is 0 Å². The number of thiazole rings is 1. The van der Waals surface area contributed by atoms with Gasteiger partial charge in [-0.3, -0.25) is 0 Å². The number of rotatable bonds is 7. The maximum absolute atomic E-state index is 5.65. The third-order valence-electron chi connectivity index (χ3n) is 4.21. The van der Waals surface area contributed by atoms with E-state index in [2.05, 4.69) is 69.2 Å². The normalized spacial score (nSPS) is 13.1. The van der Waals surface area contributed by atoms with E-state index < -0.39 is 0 Å². The number of benzene rings is 2. The van der Waals surface area contributed by atoms with Gasteiger partial charge in [-0.1, -0.05) is 71.7 Å². The zero-order chi connectivity index (χ0) is 18.4. The van der Waals surface area contributed by atoms with Crippen LogP contribution in [0.5, 0.6) is 0 Å². The first-order valence-corrected chi connectivity index (χ1v) is 10.5. The van der Waals surface area contributed by atoms with Crippen LogP contribution in [0.1, 0.15) is 31.6 Å². The lowest BCUT2D eigenvalue weighted by molar-refractivity contribution is 0.107. The van der Waals surface area contributed by atoms with Gasteiger partial charge >= 0.3 is 0 Å². The van der Waals surface area contributed by atoms with E-state index in [0.29, 0.717) is 0 Å². The number of nitrogens with zero attached hydrogens (tertiary/aromatic N) is 2. The Bertz CT molecular complexity index is 884. The summed E-state index contributed by atoms with van der Waals surface area (Å²) in [5.74, 6) is 0. The van der Waals surface area contributed by atoms with Gasteiger partial charge in [0, 0.05) is 29.1 Å². The third-order valence-corrected chi connectivity index (χ3v) is 5.61. The van der Waals surface area contributed by atoms with Crippen LogP contribution in [-0.4, -0.2) is 11.7 Å². The highest BCUT2D eigenvalue weighted by atomic mass is 79.9. The fraction of sp³-hybridized carbons (Fsp3) is 0.286. The Balaban J connectivity index is 2.04. The molecule has 0 N–H and O–H groups in total. The van der Waals surface area contributed by atoms with Gasteiger partial charge in [-0.2, -0.15) is 0 Å². The minimum Gasteiger partial charge on any atom is -0.355 e. The van der Waals surface area contributed by atoms with Crippen LogP contribution in [0.15, 0.2) is 69.4 Å². The minimum absolute atomic E-state index is 0.291. The molecule has 0 amide bonds. The lowest BCUT2D eigenvalue weighted by atomic mass is 10.2. The monoisotopic (exact) mass is 430 g/mol. The highest BCUT2D eigenvalue weighted by Gasteiger charge is 2.12. The highest BCUT2D eigenvalue weighted by molar-refractivity contribution is 9.10. The van der Waals surface area contributed by atoms with Gasteiger partial charge in [-0.25, -0.2) is 4.99 Å². The first-order valence-electron chi connectivity index (χ1n) is 8.78. The SMILES string of the molecule is CCCCn1c(-c2ccc(Br)cc2)cs/c1=N\C(OC)c1ccccc1. The summed E-state index contributed by atoms with van der Waals surface area (Å²) >= 11 is 5.18. The first-order chi connectivity index (χ1) is 12.7. The van der Waals surface area contributed by atoms with Gasteiger partial charge in [0.2, 0.25) is 0 Å². The van der Waals surface area contributed by atoms with Crippen molar-refractivity contribution in [2.75, 3.05) is 7.11 Å². The highest BCUT2D eigenvalue weighted by Crippen LogP contribution is 2.24. The molecule has 1 atom stereocenters. The number of unbranched alkanes of at least 4 members (excludes halogenated alkanes) is 1. The molecule has 0 aliphatic rings. The average molecular weight is 431 g/mol. The van der Waals surface area contributed by atoms with Crippen LogP contribution in [0, 0.1) is 0 Å². The zero-order valence-corrected chi connectivity index (χ0v) is 17.5. The Morgan fingerprint density at radius 1 is 1.12 bits per heavy atom. The number of aromatic nitrogens is 1. The second kappa shape index (κ2) is 9.31. The van der Waals surface area contributed by atoms with Gasteiger partial charge in [-0.05, 0) is 24.1 Å². The molecule has 1 unspecified atom stereocenters. The van der Waals surface area contributed by atoms with Gasteiger partial charge in [0.05, 0.1) is 5.69 Å². The molecule has 0 bridgehead atoms. The Labute approximate surface area is 167 Å². The van der Waals surface area contributed by atoms with E-state index in [1.165, 1.54) is 11.3 Å². The molecular formula is C21H23BrN2OS. The molecule has 26 heavy (non-hydrogen) atoms. The molecule has 0 spiro atoms. The summed E-state index contributed by atoms with van der Waals surface area (Å²) in [6.45, 7) is 3.17. The van der Waals surface area contributed by atoms with E-state index in [1.807, 2.05) is 18.2 Å².